The smallest absolute Gasteiger partial charge is 0.181 e. The first-order valence-electron chi connectivity index (χ1n) is 6.72. The third-order valence-electron chi connectivity index (χ3n) is 2.26. The van der Waals surface area contributed by atoms with E-state index in [2.05, 4.69) is 19.4 Å². The molecule has 0 aromatic carbocycles. The van der Waals surface area contributed by atoms with Gasteiger partial charge in [-0.05, 0) is 23.7 Å². The van der Waals surface area contributed by atoms with Crippen molar-refractivity contribution in [3.05, 3.63) is 0 Å². The Morgan fingerprint density at radius 1 is 1.05 bits per heavy atom. The van der Waals surface area contributed by atoms with E-state index in [1.165, 1.54) is 12.8 Å². The van der Waals surface area contributed by atoms with Crippen LogP contribution in [0.4, 0.5) is 0 Å². The van der Waals surface area contributed by atoms with Gasteiger partial charge in [0, 0.05) is 12.2 Å². The Labute approximate surface area is 121 Å². The highest BCUT2D eigenvalue weighted by molar-refractivity contribution is 7.96. The van der Waals surface area contributed by atoms with Gasteiger partial charge in [0.25, 0.3) is 0 Å². The van der Waals surface area contributed by atoms with E-state index >= 15 is 0 Å². The number of carbonyl (C=O) groups excluding carboxylic acids is 1. The second-order valence-corrected chi connectivity index (χ2v) is 8.52. The topological polar surface area (TPSA) is 74.3 Å². The Balaban J connectivity index is 0. The molecule has 0 fully saturated rings. The van der Waals surface area contributed by atoms with Crippen LogP contribution in [-0.4, -0.2) is 42.8 Å². The Bertz CT molecular complexity index is 311. The predicted molar refractivity (Wildman–Crippen MR) is 82.7 cm³/mol. The largest absolute Gasteiger partial charge is 0.748 e. The highest BCUT2D eigenvalue weighted by atomic mass is 32.2. The van der Waals surface area contributed by atoms with E-state index in [1.807, 2.05) is 6.92 Å². The monoisotopic (exact) mass is 312 g/mol. The molecule has 0 saturated heterocycles. The summed E-state index contributed by atoms with van der Waals surface area (Å²) in [4.78, 5) is 11.1. The molecule has 0 heterocycles. The van der Waals surface area contributed by atoms with Crippen molar-refractivity contribution < 1.29 is 17.8 Å². The Kier molecular flexibility index (Phi) is 14.5. The van der Waals surface area contributed by atoms with Gasteiger partial charge < -0.3 is 4.55 Å². The third-order valence-corrected chi connectivity index (χ3v) is 3.94. The number of ketones is 1. The Morgan fingerprint density at radius 2 is 1.58 bits per heavy atom. The predicted octanol–water partition coefficient (Wildman–Crippen LogP) is 2.35. The van der Waals surface area contributed by atoms with Crippen molar-refractivity contribution in [1.82, 2.24) is 0 Å². The Morgan fingerprint density at radius 3 is 1.89 bits per heavy atom. The molecule has 0 spiro atoms. The summed E-state index contributed by atoms with van der Waals surface area (Å²) in [5, 5.41) is 0. The molecule has 0 rings (SSSR count). The standard InChI is InChI=1S/C9H19OS.C4H10O3S/c1-4-5-6-7-9(10)8-11(2)3;1-2-3-4-8(5,6)7/h4-8H2,1-3H3;2-4H2,1H3,(H,5,6,7)/q+1;/p-1. The van der Waals surface area contributed by atoms with Gasteiger partial charge in [0.1, 0.15) is 0 Å². The maximum Gasteiger partial charge on any atom is 0.181 e. The lowest BCUT2D eigenvalue weighted by Crippen LogP contribution is -2.13. The summed E-state index contributed by atoms with van der Waals surface area (Å²) in [7, 11) is -3.64. The molecule has 0 bridgehead atoms. The van der Waals surface area contributed by atoms with Gasteiger partial charge in [0.2, 0.25) is 0 Å². The summed E-state index contributed by atoms with van der Waals surface area (Å²) in [5.41, 5.74) is 0. The first kappa shape index (κ1) is 21.2. The van der Waals surface area contributed by atoms with Gasteiger partial charge >= 0.3 is 0 Å². The second kappa shape index (κ2) is 12.9. The molecule has 0 aliphatic heterocycles. The van der Waals surface area contributed by atoms with Crippen LogP contribution in [0.3, 0.4) is 0 Å². The number of Topliss-reactive ketones (excluding diaryl/α,β-unsaturated/α-hetero) is 1. The number of carbonyl (C=O) groups is 1. The summed E-state index contributed by atoms with van der Waals surface area (Å²) in [5.74, 6) is 1.03. The van der Waals surface area contributed by atoms with Crippen molar-refractivity contribution in [3.63, 3.8) is 0 Å². The van der Waals surface area contributed by atoms with Gasteiger partial charge in [-0.15, -0.1) is 0 Å². The van der Waals surface area contributed by atoms with Gasteiger partial charge in [0.15, 0.2) is 11.5 Å². The zero-order valence-corrected chi connectivity index (χ0v) is 14.2. The molecule has 0 aliphatic rings. The van der Waals surface area contributed by atoms with Crippen LogP contribution >= 0.6 is 0 Å². The molecule has 0 saturated carbocycles. The molecule has 0 N–H and O–H groups in total. The Hall–Kier alpha value is -0.0700. The molecule has 0 unspecified atom stereocenters. The molecular weight excluding hydrogens is 284 g/mol. The quantitative estimate of drug-likeness (QED) is 0.372. The van der Waals surface area contributed by atoms with Crippen LogP contribution in [0.15, 0.2) is 0 Å². The van der Waals surface area contributed by atoms with Crippen molar-refractivity contribution in [3.8, 4) is 0 Å². The fourth-order valence-electron chi connectivity index (χ4n) is 1.29. The zero-order valence-electron chi connectivity index (χ0n) is 12.6. The first-order valence-corrected chi connectivity index (χ1v) is 10.5. The molecular formula is C13H28O4S2. The summed E-state index contributed by atoms with van der Waals surface area (Å²) in [6.07, 6.45) is 9.78. The van der Waals surface area contributed by atoms with Gasteiger partial charge in [-0.3, -0.25) is 4.79 Å². The lowest BCUT2D eigenvalue weighted by Gasteiger charge is -2.02. The number of hydrogen-bond acceptors (Lipinski definition) is 4. The molecule has 0 aromatic heterocycles. The summed E-state index contributed by atoms with van der Waals surface area (Å²) in [6, 6.07) is 0. The highest BCUT2D eigenvalue weighted by Crippen LogP contribution is 2.00. The van der Waals surface area contributed by atoms with E-state index in [-0.39, 0.29) is 5.75 Å². The molecule has 19 heavy (non-hydrogen) atoms. The van der Waals surface area contributed by atoms with Crippen LogP contribution in [-0.2, 0) is 25.8 Å². The summed E-state index contributed by atoms with van der Waals surface area (Å²) < 4.78 is 29.5. The lowest BCUT2D eigenvalue weighted by molar-refractivity contribution is -0.116. The minimum Gasteiger partial charge on any atom is -0.748 e. The SMILES string of the molecule is CCCCCC(=O)C[S+](C)C.CCCCS(=O)(=O)[O-]. The zero-order chi connectivity index (χ0) is 15.3. The molecule has 4 nitrogen and oxygen atoms in total. The molecule has 0 aromatic rings. The van der Waals surface area contributed by atoms with E-state index in [0.29, 0.717) is 23.1 Å². The molecule has 0 aliphatic carbocycles. The van der Waals surface area contributed by atoms with E-state index in [0.717, 1.165) is 25.0 Å². The van der Waals surface area contributed by atoms with E-state index < -0.39 is 10.1 Å². The van der Waals surface area contributed by atoms with E-state index in [1.54, 1.807) is 0 Å². The van der Waals surface area contributed by atoms with Crippen LogP contribution in [0.5, 0.6) is 0 Å². The minimum atomic E-state index is -3.94. The fraction of sp³-hybridized carbons (Fsp3) is 0.923. The van der Waals surface area contributed by atoms with Gasteiger partial charge in [-0.25, -0.2) is 8.42 Å². The van der Waals surface area contributed by atoms with Gasteiger partial charge in [-0.2, -0.15) is 0 Å². The van der Waals surface area contributed by atoms with E-state index in [9.17, 15) is 17.8 Å². The summed E-state index contributed by atoms with van der Waals surface area (Å²) >= 11 is 0. The molecule has 0 radical (unpaired) electrons. The average molecular weight is 312 g/mol. The number of unbranched alkanes of at least 4 members (excludes halogenated alkanes) is 3. The highest BCUT2D eigenvalue weighted by Gasteiger charge is 2.09. The maximum absolute atomic E-state index is 11.1. The van der Waals surface area contributed by atoms with E-state index in [4.69, 9.17) is 0 Å². The number of rotatable bonds is 9. The average Bonchev–Trinajstić information content (AvgIpc) is 2.25. The van der Waals surface area contributed by atoms with Crippen LogP contribution in [0.25, 0.3) is 0 Å². The van der Waals surface area contributed by atoms with Crippen molar-refractivity contribution in [1.29, 1.82) is 0 Å². The van der Waals surface area contributed by atoms with Crippen LogP contribution in [0, 0.1) is 0 Å². The van der Waals surface area contributed by atoms with Crippen molar-refractivity contribution >= 4 is 26.8 Å². The second-order valence-electron chi connectivity index (χ2n) is 4.74. The fourth-order valence-corrected chi connectivity index (χ4v) is 2.72. The number of hydrogen-bond donors (Lipinski definition) is 0. The van der Waals surface area contributed by atoms with Crippen molar-refractivity contribution in [2.75, 3.05) is 24.0 Å². The summed E-state index contributed by atoms with van der Waals surface area (Å²) in [6.45, 7) is 4.00. The molecule has 6 heteroatoms. The minimum absolute atomic E-state index is 0.219. The normalized spacial score (nSPS) is 11.1. The van der Waals surface area contributed by atoms with Crippen LogP contribution in [0.2, 0.25) is 0 Å². The molecule has 0 amide bonds. The maximum atomic E-state index is 11.1. The van der Waals surface area contributed by atoms with Crippen LogP contribution in [0.1, 0.15) is 52.4 Å². The van der Waals surface area contributed by atoms with Gasteiger partial charge in [0.05, 0.1) is 22.6 Å². The first-order chi connectivity index (χ1) is 8.72. The van der Waals surface area contributed by atoms with Crippen molar-refractivity contribution in [2.45, 2.75) is 52.4 Å². The van der Waals surface area contributed by atoms with Crippen LogP contribution < -0.4 is 0 Å². The van der Waals surface area contributed by atoms with Crippen molar-refractivity contribution in [2.24, 2.45) is 0 Å². The van der Waals surface area contributed by atoms with Gasteiger partial charge in [-0.1, -0.05) is 33.1 Å². The molecule has 116 valence electrons. The molecule has 0 atom stereocenters. The lowest BCUT2D eigenvalue weighted by atomic mass is 10.2. The third kappa shape index (κ3) is 23.4.